The first-order chi connectivity index (χ1) is 16.3. The van der Waals surface area contributed by atoms with Gasteiger partial charge in [0, 0.05) is 7.05 Å². The summed E-state index contributed by atoms with van der Waals surface area (Å²) < 4.78 is 85.1. The molecule has 4 atom stereocenters. The Bertz CT molecular complexity index is 1060. The lowest BCUT2D eigenvalue weighted by Crippen LogP contribution is -2.61. The predicted octanol–water partition coefficient (Wildman–Crippen LogP) is 3.42. The Balaban J connectivity index is 2.08. The molecule has 3 rings (SSSR count). The highest BCUT2D eigenvalue weighted by atomic mass is 19.4. The number of aliphatic hydroxyl groups is 1. The number of imide groups is 1. The van der Waals surface area contributed by atoms with Gasteiger partial charge in [-0.15, -0.1) is 0 Å². The van der Waals surface area contributed by atoms with Crippen molar-refractivity contribution in [1.82, 2.24) is 15.3 Å². The number of alkyl halides is 6. The molecule has 0 aromatic heterocycles. The second-order valence-electron chi connectivity index (χ2n) is 9.39. The first kappa shape index (κ1) is 27.5. The third-order valence-electron chi connectivity index (χ3n) is 5.57. The summed E-state index contributed by atoms with van der Waals surface area (Å²) in [6.45, 7) is 4.57. The van der Waals surface area contributed by atoms with Crippen LogP contribution in [0.4, 0.5) is 31.1 Å². The molecule has 2 aliphatic rings. The molecule has 14 heteroatoms. The quantitative estimate of drug-likeness (QED) is 0.358. The average Bonchev–Trinajstić information content (AvgIpc) is 2.95. The van der Waals surface area contributed by atoms with Crippen molar-refractivity contribution in [2.24, 2.45) is 5.92 Å². The van der Waals surface area contributed by atoms with E-state index < -0.39 is 76.7 Å². The van der Waals surface area contributed by atoms with Crippen molar-refractivity contribution in [2.75, 3.05) is 7.05 Å². The van der Waals surface area contributed by atoms with Gasteiger partial charge >= 0.3 is 18.4 Å². The van der Waals surface area contributed by atoms with Crippen LogP contribution in [-0.4, -0.2) is 57.7 Å². The zero-order valence-corrected chi connectivity index (χ0v) is 19.4. The number of halogens is 6. The highest BCUT2D eigenvalue weighted by Gasteiger charge is 2.53. The van der Waals surface area contributed by atoms with Crippen LogP contribution < -0.4 is 5.43 Å². The molecule has 0 spiro atoms. The van der Waals surface area contributed by atoms with E-state index in [0.717, 1.165) is 16.0 Å². The highest BCUT2D eigenvalue weighted by molar-refractivity contribution is 6.08. The van der Waals surface area contributed by atoms with Crippen molar-refractivity contribution in [3.63, 3.8) is 0 Å². The fourth-order valence-electron chi connectivity index (χ4n) is 3.97. The molecular formula is C22H23F6N3O5. The van der Waals surface area contributed by atoms with Gasteiger partial charge in [0.25, 0.3) is 0 Å². The molecule has 3 amide bonds. The summed E-state index contributed by atoms with van der Waals surface area (Å²) >= 11 is 0. The molecule has 8 nitrogen and oxygen atoms in total. The van der Waals surface area contributed by atoms with Gasteiger partial charge in [-0.2, -0.15) is 31.4 Å². The molecule has 1 saturated heterocycles. The summed E-state index contributed by atoms with van der Waals surface area (Å²) in [7, 11) is 1.18. The Morgan fingerprint density at radius 1 is 0.972 bits per heavy atom. The summed E-state index contributed by atoms with van der Waals surface area (Å²) in [5.41, 5.74) is -2.86. The summed E-state index contributed by atoms with van der Waals surface area (Å²) in [5.74, 6) is -2.57. The molecule has 1 aromatic rings. The van der Waals surface area contributed by atoms with Crippen molar-refractivity contribution >= 4 is 17.9 Å². The van der Waals surface area contributed by atoms with Crippen LogP contribution in [0.25, 0.3) is 0 Å². The minimum absolute atomic E-state index is 0.0895. The van der Waals surface area contributed by atoms with E-state index in [1.807, 2.05) is 0 Å². The van der Waals surface area contributed by atoms with Gasteiger partial charge in [-0.1, -0.05) is 12.2 Å². The molecule has 0 aliphatic carbocycles. The number of carbonyl (C=O) groups excluding carboxylic acids is 3. The average molecular weight is 523 g/mol. The molecule has 4 unspecified atom stereocenters. The zero-order chi connectivity index (χ0) is 27.4. The monoisotopic (exact) mass is 523 g/mol. The number of benzene rings is 1. The van der Waals surface area contributed by atoms with Gasteiger partial charge in [0.15, 0.2) is 0 Å². The number of likely N-dealkylation sites (N-methyl/N-ethyl adjacent to an activating group) is 1. The number of nitrogens with zero attached hydrogens (tertiary/aromatic N) is 2. The van der Waals surface area contributed by atoms with Gasteiger partial charge in [-0.25, -0.2) is 4.79 Å². The molecule has 0 radical (unpaired) electrons. The van der Waals surface area contributed by atoms with Crippen molar-refractivity contribution in [1.29, 1.82) is 0 Å². The summed E-state index contributed by atoms with van der Waals surface area (Å²) in [4.78, 5) is 38.4. The molecule has 2 aliphatic heterocycles. The highest BCUT2D eigenvalue weighted by Crippen LogP contribution is 2.40. The van der Waals surface area contributed by atoms with Crippen molar-refractivity contribution in [3.8, 4) is 0 Å². The van der Waals surface area contributed by atoms with E-state index >= 15 is 0 Å². The van der Waals surface area contributed by atoms with Gasteiger partial charge in [-0.05, 0) is 44.5 Å². The normalized spacial score (nSPS) is 24.1. The number of nitrogens with one attached hydrogen (secondary N) is 1. The lowest BCUT2D eigenvalue weighted by atomic mass is 9.89. The number of fused-ring (bicyclic) bond motifs is 1. The minimum Gasteiger partial charge on any atom is -0.443 e. The van der Waals surface area contributed by atoms with Gasteiger partial charge in [-0.3, -0.25) is 19.9 Å². The van der Waals surface area contributed by atoms with Crippen molar-refractivity contribution < 1.29 is 50.6 Å². The van der Waals surface area contributed by atoms with E-state index in [0.29, 0.717) is 12.1 Å². The first-order valence-corrected chi connectivity index (χ1v) is 10.6. The topological polar surface area (TPSA) is 99.2 Å². The Morgan fingerprint density at radius 2 is 1.50 bits per heavy atom. The second kappa shape index (κ2) is 9.07. The van der Waals surface area contributed by atoms with E-state index in [1.54, 1.807) is 0 Å². The second-order valence-corrected chi connectivity index (χ2v) is 9.39. The van der Waals surface area contributed by atoms with Gasteiger partial charge in [0.1, 0.15) is 11.6 Å². The Hall–Kier alpha value is -3.13. The number of hydrogen-bond donors (Lipinski definition) is 2. The van der Waals surface area contributed by atoms with E-state index in [1.165, 1.54) is 33.9 Å². The molecular weight excluding hydrogens is 500 g/mol. The van der Waals surface area contributed by atoms with Crippen molar-refractivity contribution in [2.45, 2.75) is 56.9 Å². The molecule has 2 heterocycles. The third kappa shape index (κ3) is 5.48. The lowest BCUT2D eigenvalue weighted by Gasteiger charge is -2.40. The van der Waals surface area contributed by atoms with E-state index in [9.17, 15) is 45.8 Å². The molecule has 0 bridgehead atoms. The number of likely N-dealkylation sites (tertiary alicyclic amines) is 1. The number of amides is 3. The number of hydrazine groups is 1. The van der Waals surface area contributed by atoms with Gasteiger partial charge in [0.05, 0.1) is 29.2 Å². The van der Waals surface area contributed by atoms with Crippen LogP contribution in [-0.2, 0) is 26.7 Å². The largest absolute Gasteiger partial charge is 0.443 e. The van der Waals surface area contributed by atoms with Crippen molar-refractivity contribution in [3.05, 3.63) is 47.0 Å². The van der Waals surface area contributed by atoms with Crippen LogP contribution in [0.15, 0.2) is 30.4 Å². The predicted molar refractivity (Wildman–Crippen MR) is 111 cm³/mol. The lowest BCUT2D eigenvalue weighted by molar-refractivity contribution is -0.143. The maximum atomic E-state index is 13.3. The maximum Gasteiger partial charge on any atom is 0.422 e. The number of rotatable bonds is 3. The maximum absolute atomic E-state index is 13.3. The van der Waals surface area contributed by atoms with Crippen LogP contribution in [0.5, 0.6) is 0 Å². The molecule has 1 aromatic carbocycles. The smallest absolute Gasteiger partial charge is 0.422 e. The Morgan fingerprint density at radius 3 is 1.97 bits per heavy atom. The molecule has 198 valence electrons. The Labute approximate surface area is 201 Å². The van der Waals surface area contributed by atoms with Crippen LogP contribution in [0.1, 0.15) is 43.6 Å². The SMILES string of the molecule is CN1C(=O)C2C=CC(C(O)c3cc(C(F)(F)F)cc(C(F)(F)F)c3)N(NC(=O)OC(C)(C)C)C2C1=O. The number of carbonyl (C=O) groups is 3. The summed E-state index contributed by atoms with van der Waals surface area (Å²) in [5, 5.41) is 11.8. The fourth-order valence-corrected chi connectivity index (χ4v) is 3.97. The minimum atomic E-state index is -5.16. The Kier molecular flexibility index (Phi) is 6.92. The number of hydrogen-bond acceptors (Lipinski definition) is 6. The van der Waals surface area contributed by atoms with E-state index in [2.05, 4.69) is 5.43 Å². The molecule has 1 fully saturated rings. The van der Waals surface area contributed by atoms with Crippen LogP contribution in [0.3, 0.4) is 0 Å². The van der Waals surface area contributed by atoms with Gasteiger partial charge < -0.3 is 9.84 Å². The zero-order valence-electron chi connectivity index (χ0n) is 19.4. The number of ether oxygens (including phenoxy) is 1. The standard InChI is InChI=1S/C22H23F6N3O5/c1-20(2,3)36-19(35)29-31-14(6-5-13-15(31)18(34)30(4)17(13)33)16(32)10-7-11(21(23,24)25)9-12(8-10)22(26,27)28/h5-9,13-16,32H,1-4H3,(H,29,35). The third-order valence-corrected chi connectivity index (χ3v) is 5.57. The van der Waals surface area contributed by atoms with Gasteiger partial charge in [0.2, 0.25) is 11.8 Å². The van der Waals surface area contributed by atoms with Crippen LogP contribution >= 0.6 is 0 Å². The van der Waals surface area contributed by atoms with Crippen LogP contribution in [0.2, 0.25) is 0 Å². The van der Waals surface area contributed by atoms with E-state index in [-0.39, 0.29) is 6.07 Å². The number of aliphatic hydroxyl groups excluding tert-OH is 1. The summed E-state index contributed by atoms with van der Waals surface area (Å²) in [6, 6.07) is -2.36. The first-order valence-electron chi connectivity index (χ1n) is 10.6. The van der Waals surface area contributed by atoms with E-state index in [4.69, 9.17) is 4.74 Å². The fraction of sp³-hybridized carbons (Fsp3) is 0.500. The molecule has 2 N–H and O–H groups in total. The summed E-state index contributed by atoms with van der Waals surface area (Å²) in [6.07, 6.45) is -11.2. The molecule has 0 saturated carbocycles. The molecule has 36 heavy (non-hydrogen) atoms. The van der Waals surface area contributed by atoms with Crippen LogP contribution in [0, 0.1) is 5.92 Å².